The normalized spacial score (nSPS) is 12.0. The van der Waals surface area contributed by atoms with E-state index in [1.165, 1.54) is 57.9 Å². The number of hydrogen-bond donors (Lipinski definition) is 0. The van der Waals surface area contributed by atoms with Crippen LogP contribution in [0.5, 0.6) is 0 Å². The third-order valence-corrected chi connectivity index (χ3v) is 6.76. The molecular formula is C30H36N4+2. The maximum atomic E-state index is 4.14. The van der Waals surface area contributed by atoms with Crippen molar-refractivity contribution in [1.82, 2.24) is 9.97 Å². The van der Waals surface area contributed by atoms with Gasteiger partial charge in [0.2, 0.25) is 0 Å². The van der Waals surface area contributed by atoms with Crippen LogP contribution in [0, 0.1) is 33.6 Å². The van der Waals surface area contributed by atoms with E-state index in [0.29, 0.717) is 5.92 Å². The molecule has 0 aromatic carbocycles. The molecule has 34 heavy (non-hydrogen) atoms. The summed E-state index contributed by atoms with van der Waals surface area (Å²) in [5.41, 5.74) is 10.2. The van der Waals surface area contributed by atoms with E-state index in [-0.39, 0.29) is 0 Å². The fourth-order valence-corrected chi connectivity index (χ4v) is 4.92. The molecule has 4 rings (SSSR count). The molecule has 4 heteroatoms. The Kier molecular flexibility index (Phi) is 7.46. The zero-order valence-corrected chi connectivity index (χ0v) is 21.1. The molecule has 0 aliphatic carbocycles. The molecule has 1 unspecified atom stereocenters. The minimum Gasteiger partial charge on any atom is -0.265 e. The lowest BCUT2D eigenvalue weighted by Crippen LogP contribution is -2.43. The smallest absolute Gasteiger partial charge is 0.179 e. The molecule has 0 saturated carbocycles. The van der Waals surface area contributed by atoms with Crippen LogP contribution in [0.2, 0.25) is 0 Å². The number of hydrogen-bond acceptors (Lipinski definition) is 2. The molecule has 1 atom stereocenters. The van der Waals surface area contributed by atoms with Gasteiger partial charge >= 0.3 is 0 Å². The van der Waals surface area contributed by atoms with Crippen LogP contribution in [0.4, 0.5) is 0 Å². The summed E-state index contributed by atoms with van der Waals surface area (Å²) in [4.78, 5) is 8.28. The van der Waals surface area contributed by atoms with Gasteiger partial charge in [-0.2, -0.15) is 4.57 Å². The summed E-state index contributed by atoms with van der Waals surface area (Å²) in [7, 11) is 0. The lowest BCUT2D eigenvalue weighted by Gasteiger charge is -2.13. The van der Waals surface area contributed by atoms with E-state index in [9.17, 15) is 0 Å². The lowest BCUT2D eigenvalue weighted by atomic mass is 10.0. The second kappa shape index (κ2) is 10.7. The summed E-state index contributed by atoms with van der Waals surface area (Å²) >= 11 is 0. The van der Waals surface area contributed by atoms with E-state index in [1.54, 1.807) is 0 Å². The number of rotatable bonds is 8. The highest BCUT2D eigenvalue weighted by atomic mass is 15.0. The molecule has 0 N–H and O–H groups in total. The summed E-state index contributed by atoms with van der Waals surface area (Å²) in [5.74, 6) is 0.617. The molecule has 4 aromatic rings. The van der Waals surface area contributed by atoms with Crippen LogP contribution >= 0.6 is 0 Å². The molecular weight excluding hydrogens is 416 g/mol. The van der Waals surface area contributed by atoms with Gasteiger partial charge in [0.1, 0.15) is 6.54 Å². The first-order valence-electron chi connectivity index (χ1n) is 12.3. The van der Waals surface area contributed by atoms with Gasteiger partial charge in [0, 0.05) is 89.1 Å². The predicted molar refractivity (Wildman–Crippen MR) is 137 cm³/mol. The number of nitrogens with zero attached hydrogens (tertiary/aromatic N) is 4. The number of aromatic nitrogens is 4. The Bertz CT molecular complexity index is 1200. The Balaban J connectivity index is 1.38. The highest BCUT2D eigenvalue weighted by Gasteiger charge is 2.19. The number of pyridine rings is 4. The highest BCUT2D eigenvalue weighted by molar-refractivity contribution is 5.63. The second-order valence-corrected chi connectivity index (χ2v) is 9.53. The molecule has 0 saturated heterocycles. The Labute approximate surface area is 204 Å². The van der Waals surface area contributed by atoms with Crippen molar-refractivity contribution < 1.29 is 9.13 Å². The molecule has 0 amide bonds. The number of aryl methyl sites for hydroxylation is 4. The molecule has 0 aliphatic rings. The molecule has 174 valence electrons. The van der Waals surface area contributed by atoms with E-state index in [4.69, 9.17) is 0 Å². The fourth-order valence-electron chi connectivity index (χ4n) is 4.92. The minimum absolute atomic E-state index is 0.617. The largest absolute Gasteiger partial charge is 0.265 e. The summed E-state index contributed by atoms with van der Waals surface area (Å²) < 4.78 is 4.91. The first-order valence-corrected chi connectivity index (χ1v) is 12.3. The van der Waals surface area contributed by atoms with Crippen molar-refractivity contribution in [2.24, 2.45) is 5.92 Å². The van der Waals surface area contributed by atoms with E-state index < -0.39 is 0 Å². The van der Waals surface area contributed by atoms with Crippen molar-refractivity contribution in [2.75, 3.05) is 0 Å². The first kappa shape index (κ1) is 23.7. The maximum Gasteiger partial charge on any atom is 0.179 e. The Morgan fingerprint density at radius 1 is 0.618 bits per heavy atom. The van der Waals surface area contributed by atoms with E-state index in [1.807, 2.05) is 24.8 Å². The van der Waals surface area contributed by atoms with Crippen molar-refractivity contribution >= 4 is 0 Å². The van der Waals surface area contributed by atoms with Gasteiger partial charge in [-0.3, -0.25) is 9.97 Å². The lowest BCUT2D eigenvalue weighted by molar-refractivity contribution is -0.716. The highest BCUT2D eigenvalue weighted by Crippen LogP contribution is 2.21. The first-order chi connectivity index (χ1) is 16.4. The van der Waals surface area contributed by atoms with E-state index in [0.717, 1.165) is 13.1 Å². The van der Waals surface area contributed by atoms with Crippen LogP contribution in [0.25, 0.3) is 22.3 Å². The second-order valence-electron chi connectivity index (χ2n) is 9.53. The van der Waals surface area contributed by atoms with Gasteiger partial charge in [-0.05, 0) is 52.9 Å². The van der Waals surface area contributed by atoms with E-state index in [2.05, 4.69) is 102 Å². The van der Waals surface area contributed by atoms with Gasteiger partial charge < -0.3 is 0 Å². The molecule has 4 nitrogen and oxygen atoms in total. The Morgan fingerprint density at radius 3 is 1.47 bits per heavy atom. The SMILES string of the molecule is Cc1cc(-c2ccncc2)cc(C)[n+]1CCCC(C)C[n+]1c(C)cc(-c2ccncc2)cc1C. The molecule has 0 bridgehead atoms. The Hall–Kier alpha value is -3.40. The van der Waals surface area contributed by atoms with Crippen molar-refractivity contribution in [1.29, 1.82) is 0 Å². The van der Waals surface area contributed by atoms with Crippen LogP contribution in [0.3, 0.4) is 0 Å². The molecule has 4 heterocycles. The van der Waals surface area contributed by atoms with Crippen LogP contribution in [-0.2, 0) is 13.1 Å². The summed E-state index contributed by atoms with van der Waals surface area (Å²) in [5, 5.41) is 0. The van der Waals surface area contributed by atoms with Gasteiger partial charge in [0.05, 0.1) is 0 Å². The topological polar surface area (TPSA) is 33.5 Å². The molecule has 0 aliphatic heterocycles. The van der Waals surface area contributed by atoms with Crippen LogP contribution in [0.15, 0.2) is 73.3 Å². The minimum atomic E-state index is 0.617. The third-order valence-electron chi connectivity index (χ3n) is 6.76. The van der Waals surface area contributed by atoms with Gasteiger partial charge in [0.25, 0.3) is 0 Å². The van der Waals surface area contributed by atoms with Crippen LogP contribution < -0.4 is 9.13 Å². The van der Waals surface area contributed by atoms with Crippen LogP contribution in [-0.4, -0.2) is 9.97 Å². The maximum absolute atomic E-state index is 4.14. The van der Waals surface area contributed by atoms with Crippen molar-refractivity contribution in [3.05, 3.63) is 96.1 Å². The molecule has 0 spiro atoms. The van der Waals surface area contributed by atoms with Gasteiger partial charge in [-0.25, -0.2) is 4.57 Å². The quantitative estimate of drug-likeness (QED) is 0.320. The average molecular weight is 453 g/mol. The van der Waals surface area contributed by atoms with Crippen molar-refractivity contribution in [3.8, 4) is 22.3 Å². The average Bonchev–Trinajstić information content (AvgIpc) is 2.84. The zero-order valence-electron chi connectivity index (χ0n) is 21.1. The predicted octanol–water partition coefficient (Wildman–Crippen LogP) is 5.74. The summed E-state index contributed by atoms with van der Waals surface area (Å²) in [6.07, 6.45) is 9.81. The van der Waals surface area contributed by atoms with Gasteiger partial charge in [0.15, 0.2) is 29.3 Å². The fraction of sp³-hybridized carbons (Fsp3) is 0.333. The van der Waals surface area contributed by atoms with Crippen molar-refractivity contribution in [2.45, 2.75) is 60.5 Å². The third kappa shape index (κ3) is 5.56. The molecule has 4 aromatic heterocycles. The summed E-state index contributed by atoms with van der Waals surface area (Å²) in [6, 6.07) is 17.5. The molecule has 0 radical (unpaired) electrons. The van der Waals surface area contributed by atoms with Crippen molar-refractivity contribution in [3.63, 3.8) is 0 Å². The van der Waals surface area contributed by atoms with Crippen LogP contribution in [0.1, 0.15) is 42.5 Å². The monoisotopic (exact) mass is 452 g/mol. The zero-order chi connectivity index (χ0) is 24.1. The van der Waals surface area contributed by atoms with Gasteiger partial charge in [-0.1, -0.05) is 6.92 Å². The molecule has 0 fully saturated rings. The Morgan fingerprint density at radius 2 is 1.03 bits per heavy atom. The van der Waals surface area contributed by atoms with E-state index >= 15 is 0 Å². The summed E-state index contributed by atoms with van der Waals surface area (Å²) in [6.45, 7) is 13.4. The van der Waals surface area contributed by atoms with Gasteiger partial charge in [-0.15, -0.1) is 0 Å². The standard InChI is InChI=1S/C30H36N4/c1-22(21-34-25(4)19-30(20-26(34)5)28-10-14-32-15-11-28)7-6-16-33-23(2)17-29(18-24(33)3)27-8-12-31-13-9-27/h8-15,17-20,22H,6-7,16,21H2,1-5H3/q+2.